The van der Waals surface area contributed by atoms with E-state index in [0.717, 1.165) is 36.7 Å². The first-order chi connectivity index (χ1) is 8.26. The summed E-state index contributed by atoms with van der Waals surface area (Å²) in [5.74, 6) is 3.37. The molecule has 0 saturated heterocycles. The van der Waals surface area contributed by atoms with Gasteiger partial charge in [-0.15, -0.1) is 0 Å². The van der Waals surface area contributed by atoms with Gasteiger partial charge in [0.1, 0.15) is 11.5 Å². The molecule has 0 bridgehead atoms. The van der Waals surface area contributed by atoms with Crippen molar-refractivity contribution in [3.8, 4) is 11.5 Å². The first-order valence-corrected chi connectivity index (χ1v) is 6.86. The van der Waals surface area contributed by atoms with E-state index >= 15 is 0 Å². The molecule has 0 N–H and O–H groups in total. The Morgan fingerprint density at radius 3 is 2.53 bits per heavy atom. The van der Waals surface area contributed by atoms with Gasteiger partial charge in [0.05, 0.1) is 13.2 Å². The van der Waals surface area contributed by atoms with E-state index in [-0.39, 0.29) is 0 Å². The normalized spacial score (nSPS) is 12.2. The maximum atomic E-state index is 5.71. The predicted molar refractivity (Wildman–Crippen MR) is 75.4 cm³/mol. The number of thiol groups is 1. The van der Waals surface area contributed by atoms with Gasteiger partial charge in [0, 0.05) is 6.07 Å². The molecular formula is C14H22O2S. The van der Waals surface area contributed by atoms with Crippen molar-refractivity contribution in [2.45, 2.75) is 26.7 Å². The van der Waals surface area contributed by atoms with Crippen LogP contribution < -0.4 is 9.47 Å². The topological polar surface area (TPSA) is 18.5 Å². The molecule has 3 heteroatoms. The molecule has 1 atom stereocenters. The summed E-state index contributed by atoms with van der Waals surface area (Å²) in [7, 11) is 0. The molecule has 2 nitrogen and oxygen atoms in total. The summed E-state index contributed by atoms with van der Waals surface area (Å²) in [5, 5.41) is 0. The quantitative estimate of drug-likeness (QED) is 0.711. The van der Waals surface area contributed by atoms with Crippen molar-refractivity contribution in [3.63, 3.8) is 0 Å². The van der Waals surface area contributed by atoms with Crippen molar-refractivity contribution >= 4 is 12.6 Å². The van der Waals surface area contributed by atoms with Crippen molar-refractivity contribution in [3.05, 3.63) is 24.3 Å². The molecule has 0 aliphatic rings. The van der Waals surface area contributed by atoms with Crippen LogP contribution in [0.2, 0.25) is 0 Å². The maximum absolute atomic E-state index is 5.71. The Morgan fingerprint density at radius 1 is 1.18 bits per heavy atom. The zero-order valence-corrected chi connectivity index (χ0v) is 11.6. The summed E-state index contributed by atoms with van der Waals surface area (Å²) in [5.41, 5.74) is 0. The summed E-state index contributed by atoms with van der Waals surface area (Å²) in [6.07, 6.45) is 2.21. The third kappa shape index (κ3) is 5.87. The number of hydrogen-bond donors (Lipinski definition) is 1. The maximum Gasteiger partial charge on any atom is 0.122 e. The van der Waals surface area contributed by atoms with E-state index in [9.17, 15) is 0 Å². The summed E-state index contributed by atoms with van der Waals surface area (Å²) < 4.78 is 11.1. The Bertz CT molecular complexity index is 315. The molecule has 17 heavy (non-hydrogen) atoms. The summed E-state index contributed by atoms with van der Waals surface area (Å²) in [6, 6.07) is 7.80. The SMILES string of the molecule is CCOc1cccc(OCCC(C)CCS)c1. The Kier molecular flexibility index (Phi) is 6.94. The Balaban J connectivity index is 2.33. The molecule has 0 fully saturated rings. The third-order valence-corrected chi connectivity index (χ3v) is 2.88. The number of ether oxygens (including phenoxy) is 2. The lowest BCUT2D eigenvalue weighted by molar-refractivity contribution is 0.279. The Morgan fingerprint density at radius 2 is 1.88 bits per heavy atom. The molecule has 0 aliphatic heterocycles. The Labute approximate surface area is 110 Å². The molecule has 96 valence electrons. The van der Waals surface area contributed by atoms with Crippen molar-refractivity contribution in [1.29, 1.82) is 0 Å². The molecule has 0 amide bonds. The fourth-order valence-electron chi connectivity index (χ4n) is 1.56. The lowest BCUT2D eigenvalue weighted by Gasteiger charge is -2.11. The summed E-state index contributed by atoms with van der Waals surface area (Å²) >= 11 is 4.23. The largest absolute Gasteiger partial charge is 0.494 e. The summed E-state index contributed by atoms with van der Waals surface area (Å²) in [6.45, 7) is 5.65. The fraction of sp³-hybridized carbons (Fsp3) is 0.571. The number of rotatable bonds is 8. The standard InChI is InChI=1S/C14H22O2S/c1-3-15-13-5-4-6-14(11-13)16-9-7-12(2)8-10-17/h4-6,11-12,17H,3,7-10H2,1-2H3. The van der Waals surface area contributed by atoms with Gasteiger partial charge in [-0.3, -0.25) is 0 Å². The van der Waals surface area contributed by atoms with Crippen molar-refractivity contribution in [2.24, 2.45) is 5.92 Å². The van der Waals surface area contributed by atoms with Crippen LogP contribution in [0.1, 0.15) is 26.7 Å². The first kappa shape index (κ1) is 14.2. The van der Waals surface area contributed by atoms with Crippen LogP contribution in [0.5, 0.6) is 11.5 Å². The van der Waals surface area contributed by atoms with Gasteiger partial charge in [0.25, 0.3) is 0 Å². The van der Waals surface area contributed by atoms with Gasteiger partial charge < -0.3 is 9.47 Å². The van der Waals surface area contributed by atoms with Crippen LogP contribution in [0, 0.1) is 5.92 Å². The van der Waals surface area contributed by atoms with Crippen LogP contribution in [0.15, 0.2) is 24.3 Å². The van der Waals surface area contributed by atoms with E-state index < -0.39 is 0 Å². The highest BCUT2D eigenvalue weighted by Crippen LogP contribution is 2.20. The summed E-state index contributed by atoms with van der Waals surface area (Å²) in [4.78, 5) is 0. The van der Waals surface area contributed by atoms with Crippen molar-refractivity contribution < 1.29 is 9.47 Å². The van der Waals surface area contributed by atoms with Crippen LogP contribution in [-0.2, 0) is 0 Å². The lowest BCUT2D eigenvalue weighted by Crippen LogP contribution is -2.04. The molecule has 0 heterocycles. The zero-order chi connectivity index (χ0) is 12.5. The minimum atomic E-state index is 0.669. The van der Waals surface area contributed by atoms with Gasteiger partial charge in [-0.1, -0.05) is 13.0 Å². The van der Waals surface area contributed by atoms with Crippen molar-refractivity contribution in [1.82, 2.24) is 0 Å². The van der Waals surface area contributed by atoms with Gasteiger partial charge in [-0.25, -0.2) is 0 Å². The van der Waals surface area contributed by atoms with Gasteiger partial charge in [0.2, 0.25) is 0 Å². The van der Waals surface area contributed by atoms with E-state index in [4.69, 9.17) is 9.47 Å². The molecule has 0 spiro atoms. The van der Waals surface area contributed by atoms with E-state index in [1.54, 1.807) is 0 Å². The second kappa shape index (κ2) is 8.29. The van der Waals surface area contributed by atoms with E-state index in [2.05, 4.69) is 19.6 Å². The average molecular weight is 254 g/mol. The second-order valence-electron chi connectivity index (χ2n) is 4.16. The molecule has 0 saturated carbocycles. The van der Waals surface area contributed by atoms with Gasteiger partial charge in [0.15, 0.2) is 0 Å². The molecule has 0 radical (unpaired) electrons. The minimum Gasteiger partial charge on any atom is -0.494 e. The van der Waals surface area contributed by atoms with Gasteiger partial charge >= 0.3 is 0 Å². The highest BCUT2D eigenvalue weighted by molar-refractivity contribution is 7.80. The Hall–Kier alpha value is -0.830. The van der Waals surface area contributed by atoms with Crippen LogP contribution >= 0.6 is 12.6 Å². The molecule has 0 aliphatic carbocycles. The van der Waals surface area contributed by atoms with E-state index in [0.29, 0.717) is 12.5 Å². The number of hydrogen-bond acceptors (Lipinski definition) is 3. The van der Waals surface area contributed by atoms with Crippen LogP contribution in [0.3, 0.4) is 0 Å². The van der Waals surface area contributed by atoms with E-state index in [1.807, 2.05) is 31.2 Å². The fourth-order valence-corrected chi connectivity index (χ4v) is 2.00. The molecule has 1 aromatic rings. The van der Waals surface area contributed by atoms with Gasteiger partial charge in [-0.05, 0) is 43.6 Å². The zero-order valence-electron chi connectivity index (χ0n) is 10.7. The highest BCUT2D eigenvalue weighted by Gasteiger charge is 2.02. The smallest absolute Gasteiger partial charge is 0.122 e. The second-order valence-corrected chi connectivity index (χ2v) is 4.61. The number of benzene rings is 1. The average Bonchev–Trinajstić information content (AvgIpc) is 2.30. The molecule has 1 unspecified atom stereocenters. The molecule has 0 aromatic heterocycles. The lowest BCUT2D eigenvalue weighted by atomic mass is 10.1. The van der Waals surface area contributed by atoms with Crippen LogP contribution in [0.25, 0.3) is 0 Å². The first-order valence-electron chi connectivity index (χ1n) is 6.22. The van der Waals surface area contributed by atoms with E-state index in [1.165, 1.54) is 0 Å². The van der Waals surface area contributed by atoms with Gasteiger partial charge in [-0.2, -0.15) is 12.6 Å². The highest BCUT2D eigenvalue weighted by atomic mass is 32.1. The molecular weight excluding hydrogens is 232 g/mol. The molecule has 1 aromatic carbocycles. The van der Waals surface area contributed by atoms with Crippen LogP contribution in [0.4, 0.5) is 0 Å². The predicted octanol–water partition coefficient (Wildman–Crippen LogP) is 3.81. The van der Waals surface area contributed by atoms with Crippen LogP contribution in [-0.4, -0.2) is 19.0 Å². The minimum absolute atomic E-state index is 0.669. The van der Waals surface area contributed by atoms with Crippen molar-refractivity contribution in [2.75, 3.05) is 19.0 Å². The molecule has 1 rings (SSSR count). The third-order valence-electron chi connectivity index (χ3n) is 2.62. The monoisotopic (exact) mass is 254 g/mol.